The molecule has 1 aromatic rings. The van der Waals surface area contributed by atoms with E-state index in [4.69, 9.17) is 11.6 Å². The van der Waals surface area contributed by atoms with Crippen LogP contribution < -0.4 is 0 Å². The van der Waals surface area contributed by atoms with Crippen LogP contribution in [0.25, 0.3) is 0 Å². The number of aliphatic hydroxyl groups excluding tert-OH is 1. The molecule has 0 radical (unpaired) electrons. The standard InChI is InChI=1S/C14H18BrClO/c1-9-4-2-5-10(8-9)14(17)13-11(15)6-3-7-12(13)16/h3,6-7,9-10,14,17H,2,4-5,8H2,1H3. The van der Waals surface area contributed by atoms with Crippen LogP contribution in [0.5, 0.6) is 0 Å². The Labute approximate surface area is 116 Å². The van der Waals surface area contributed by atoms with E-state index >= 15 is 0 Å². The van der Waals surface area contributed by atoms with Gasteiger partial charge in [-0.15, -0.1) is 0 Å². The third-order valence-electron chi connectivity index (χ3n) is 3.72. The second-order valence-corrected chi connectivity index (χ2v) is 6.37. The van der Waals surface area contributed by atoms with Crippen LogP contribution in [0.2, 0.25) is 5.02 Å². The van der Waals surface area contributed by atoms with Gasteiger partial charge in [-0.2, -0.15) is 0 Å². The minimum absolute atomic E-state index is 0.343. The molecule has 0 spiro atoms. The highest BCUT2D eigenvalue weighted by Gasteiger charge is 2.28. The molecule has 1 fully saturated rings. The molecule has 1 aromatic carbocycles. The summed E-state index contributed by atoms with van der Waals surface area (Å²) in [5.74, 6) is 1.06. The Morgan fingerprint density at radius 1 is 1.41 bits per heavy atom. The Morgan fingerprint density at radius 3 is 2.82 bits per heavy atom. The zero-order valence-electron chi connectivity index (χ0n) is 10.00. The van der Waals surface area contributed by atoms with Crippen molar-refractivity contribution in [3.63, 3.8) is 0 Å². The van der Waals surface area contributed by atoms with E-state index in [0.717, 1.165) is 22.9 Å². The molecule has 94 valence electrons. The van der Waals surface area contributed by atoms with E-state index in [1.54, 1.807) is 0 Å². The Bertz CT molecular complexity index is 374. The van der Waals surface area contributed by atoms with Crippen molar-refractivity contribution in [2.75, 3.05) is 0 Å². The van der Waals surface area contributed by atoms with Crippen LogP contribution in [0.15, 0.2) is 22.7 Å². The summed E-state index contributed by atoms with van der Waals surface area (Å²) in [7, 11) is 0. The van der Waals surface area contributed by atoms with Gasteiger partial charge in [-0.3, -0.25) is 0 Å². The lowest BCUT2D eigenvalue weighted by atomic mass is 9.78. The smallest absolute Gasteiger partial charge is 0.0843 e. The first-order chi connectivity index (χ1) is 8.09. The molecule has 0 aromatic heterocycles. The van der Waals surface area contributed by atoms with Gasteiger partial charge in [0.1, 0.15) is 0 Å². The van der Waals surface area contributed by atoms with E-state index in [1.807, 2.05) is 18.2 Å². The summed E-state index contributed by atoms with van der Waals surface area (Å²) in [5.41, 5.74) is 0.855. The molecular formula is C14H18BrClO. The fourth-order valence-electron chi connectivity index (χ4n) is 2.80. The molecule has 2 rings (SSSR count). The Morgan fingerprint density at radius 2 is 2.18 bits per heavy atom. The van der Waals surface area contributed by atoms with Gasteiger partial charge in [-0.25, -0.2) is 0 Å². The van der Waals surface area contributed by atoms with Gasteiger partial charge in [0.15, 0.2) is 0 Å². The maximum Gasteiger partial charge on any atom is 0.0843 e. The molecule has 1 aliphatic carbocycles. The fourth-order valence-corrected chi connectivity index (χ4v) is 3.80. The summed E-state index contributed by atoms with van der Waals surface area (Å²) in [4.78, 5) is 0. The van der Waals surface area contributed by atoms with Crippen molar-refractivity contribution in [2.45, 2.75) is 38.7 Å². The van der Waals surface area contributed by atoms with E-state index in [0.29, 0.717) is 16.9 Å². The SMILES string of the molecule is CC1CCCC(C(O)c2c(Cl)cccc2Br)C1. The van der Waals surface area contributed by atoms with Gasteiger partial charge in [0, 0.05) is 15.1 Å². The number of aliphatic hydroxyl groups is 1. The molecule has 1 nitrogen and oxygen atoms in total. The van der Waals surface area contributed by atoms with Crippen LogP contribution in [-0.4, -0.2) is 5.11 Å². The molecular weight excluding hydrogens is 300 g/mol. The summed E-state index contributed by atoms with van der Waals surface area (Å²) >= 11 is 9.67. The molecule has 0 saturated heterocycles. The zero-order chi connectivity index (χ0) is 12.4. The summed E-state index contributed by atoms with van der Waals surface area (Å²) in [6.07, 6.45) is 4.25. The van der Waals surface area contributed by atoms with Crippen LogP contribution in [0.1, 0.15) is 44.3 Å². The maximum atomic E-state index is 10.5. The number of hydrogen-bond acceptors (Lipinski definition) is 1. The second-order valence-electron chi connectivity index (χ2n) is 5.11. The highest BCUT2D eigenvalue weighted by Crippen LogP contribution is 2.41. The van der Waals surface area contributed by atoms with Crippen molar-refractivity contribution in [2.24, 2.45) is 11.8 Å². The predicted molar refractivity (Wildman–Crippen MR) is 75.2 cm³/mol. The molecule has 0 amide bonds. The van der Waals surface area contributed by atoms with Gasteiger partial charge in [0.05, 0.1) is 6.10 Å². The van der Waals surface area contributed by atoms with Crippen molar-refractivity contribution >= 4 is 27.5 Å². The topological polar surface area (TPSA) is 20.2 Å². The van der Waals surface area contributed by atoms with Crippen LogP contribution in [-0.2, 0) is 0 Å². The highest BCUT2D eigenvalue weighted by molar-refractivity contribution is 9.10. The highest BCUT2D eigenvalue weighted by atomic mass is 79.9. The Kier molecular flexibility index (Phi) is 4.51. The fraction of sp³-hybridized carbons (Fsp3) is 0.571. The van der Waals surface area contributed by atoms with Gasteiger partial charge in [0.25, 0.3) is 0 Å². The van der Waals surface area contributed by atoms with Crippen molar-refractivity contribution in [3.8, 4) is 0 Å². The molecule has 1 saturated carbocycles. The zero-order valence-corrected chi connectivity index (χ0v) is 12.3. The van der Waals surface area contributed by atoms with Crippen LogP contribution in [0.3, 0.4) is 0 Å². The average molecular weight is 318 g/mol. The molecule has 3 unspecified atom stereocenters. The first-order valence-electron chi connectivity index (χ1n) is 6.21. The van der Waals surface area contributed by atoms with E-state index in [9.17, 15) is 5.11 Å². The molecule has 0 heterocycles. The minimum atomic E-state index is -0.444. The third kappa shape index (κ3) is 3.04. The van der Waals surface area contributed by atoms with Gasteiger partial charge in [-0.05, 0) is 36.8 Å². The van der Waals surface area contributed by atoms with Gasteiger partial charge in [0.2, 0.25) is 0 Å². The summed E-state index contributed by atoms with van der Waals surface area (Å²) < 4.78 is 0.913. The quantitative estimate of drug-likeness (QED) is 0.817. The first kappa shape index (κ1) is 13.4. The molecule has 0 aliphatic heterocycles. The Hall–Kier alpha value is -0.0500. The number of halogens is 2. The van der Waals surface area contributed by atoms with E-state index in [1.165, 1.54) is 12.8 Å². The first-order valence-corrected chi connectivity index (χ1v) is 7.38. The molecule has 3 heteroatoms. The van der Waals surface area contributed by atoms with E-state index in [-0.39, 0.29) is 0 Å². The van der Waals surface area contributed by atoms with Crippen molar-refractivity contribution in [3.05, 3.63) is 33.3 Å². The lowest BCUT2D eigenvalue weighted by Gasteiger charge is -2.31. The maximum absolute atomic E-state index is 10.5. The van der Waals surface area contributed by atoms with Gasteiger partial charge >= 0.3 is 0 Å². The average Bonchev–Trinajstić information content (AvgIpc) is 2.28. The minimum Gasteiger partial charge on any atom is -0.388 e. The third-order valence-corrected chi connectivity index (χ3v) is 4.74. The molecule has 1 N–H and O–H groups in total. The second kappa shape index (κ2) is 5.73. The van der Waals surface area contributed by atoms with Crippen molar-refractivity contribution < 1.29 is 5.11 Å². The molecule has 0 bridgehead atoms. The molecule has 1 aliphatic rings. The van der Waals surface area contributed by atoms with Gasteiger partial charge in [-0.1, -0.05) is 53.4 Å². The number of hydrogen-bond donors (Lipinski definition) is 1. The van der Waals surface area contributed by atoms with E-state index < -0.39 is 6.10 Å². The lowest BCUT2D eigenvalue weighted by Crippen LogP contribution is -2.20. The number of benzene rings is 1. The summed E-state index contributed by atoms with van der Waals surface area (Å²) in [5, 5.41) is 11.2. The largest absolute Gasteiger partial charge is 0.388 e. The predicted octanol–water partition coefficient (Wildman–Crippen LogP) is 4.96. The molecule has 3 atom stereocenters. The Balaban J connectivity index is 2.21. The van der Waals surface area contributed by atoms with Crippen molar-refractivity contribution in [1.82, 2.24) is 0 Å². The lowest BCUT2D eigenvalue weighted by molar-refractivity contribution is 0.0709. The van der Waals surface area contributed by atoms with Crippen molar-refractivity contribution in [1.29, 1.82) is 0 Å². The number of rotatable bonds is 2. The molecule has 17 heavy (non-hydrogen) atoms. The van der Waals surface area contributed by atoms with E-state index in [2.05, 4.69) is 22.9 Å². The monoisotopic (exact) mass is 316 g/mol. The summed E-state index contributed by atoms with van der Waals surface area (Å²) in [6.45, 7) is 2.26. The van der Waals surface area contributed by atoms with Crippen LogP contribution >= 0.6 is 27.5 Å². The normalized spacial score (nSPS) is 26.8. The van der Waals surface area contributed by atoms with Crippen LogP contribution in [0, 0.1) is 11.8 Å². The van der Waals surface area contributed by atoms with Gasteiger partial charge < -0.3 is 5.11 Å². The van der Waals surface area contributed by atoms with Crippen LogP contribution in [0.4, 0.5) is 0 Å². The summed E-state index contributed by atoms with van der Waals surface area (Å²) in [6, 6.07) is 5.68.